The largest absolute Gasteiger partial charge is 0.399 e. The Hall–Kier alpha value is -0.770. The molecule has 20 heavy (non-hydrogen) atoms. The summed E-state index contributed by atoms with van der Waals surface area (Å²) in [5, 5.41) is 0. The number of benzene rings is 1. The van der Waals surface area contributed by atoms with Gasteiger partial charge in [0, 0.05) is 25.4 Å². The van der Waals surface area contributed by atoms with Gasteiger partial charge in [-0.1, -0.05) is 19.1 Å². The van der Waals surface area contributed by atoms with Gasteiger partial charge in [0.1, 0.15) is 0 Å². The summed E-state index contributed by atoms with van der Waals surface area (Å²) in [5.41, 5.74) is 8.00. The van der Waals surface area contributed by atoms with Gasteiger partial charge in [-0.2, -0.15) is 0 Å². The summed E-state index contributed by atoms with van der Waals surface area (Å²) in [6.07, 6.45) is 5.17. The number of anilines is 1. The van der Waals surface area contributed by atoms with E-state index < -0.39 is 0 Å². The van der Waals surface area contributed by atoms with Crippen molar-refractivity contribution in [3.8, 4) is 0 Å². The first kappa shape index (κ1) is 17.3. The molecular formula is C16H27ClN2O. The SMILES string of the molecule is CCCOC1CCCN(Cc2cccc(N)c2)CC1.Cl. The molecule has 1 unspecified atom stereocenters. The van der Waals surface area contributed by atoms with E-state index in [2.05, 4.69) is 24.0 Å². The molecule has 4 heteroatoms. The molecule has 1 aromatic carbocycles. The van der Waals surface area contributed by atoms with E-state index >= 15 is 0 Å². The zero-order valence-electron chi connectivity index (χ0n) is 12.4. The topological polar surface area (TPSA) is 38.5 Å². The van der Waals surface area contributed by atoms with E-state index in [1.807, 2.05) is 12.1 Å². The molecule has 1 fully saturated rings. The zero-order chi connectivity index (χ0) is 13.5. The highest BCUT2D eigenvalue weighted by Crippen LogP contribution is 2.17. The highest BCUT2D eigenvalue weighted by atomic mass is 35.5. The summed E-state index contributed by atoms with van der Waals surface area (Å²) in [6.45, 7) is 6.37. The second-order valence-electron chi connectivity index (χ2n) is 5.44. The van der Waals surface area contributed by atoms with Crippen LogP contribution in [0.3, 0.4) is 0 Å². The minimum atomic E-state index is 0. The van der Waals surface area contributed by atoms with E-state index in [-0.39, 0.29) is 12.4 Å². The Morgan fingerprint density at radius 2 is 2.15 bits per heavy atom. The average molecular weight is 299 g/mol. The maximum atomic E-state index is 5.88. The molecule has 2 rings (SSSR count). The molecule has 1 saturated heterocycles. The summed E-state index contributed by atoms with van der Waals surface area (Å²) in [5.74, 6) is 0. The Morgan fingerprint density at radius 3 is 2.90 bits per heavy atom. The molecule has 0 aliphatic carbocycles. The lowest BCUT2D eigenvalue weighted by Crippen LogP contribution is -2.25. The van der Waals surface area contributed by atoms with Crippen molar-refractivity contribution < 1.29 is 4.74 Å². The van der Waals surface area contributed by atoms with Gasteiger partial charge in [-0.15, -0.1) is 12.4 Å². The number of likely N-dealkylation sites (tertiary alicyclic amines) is 1. The van der Waals surface area contributed by atoms with E-state index in [9.17, 15) is 0 Å². The van der Waals surface area contributed by atoms with Gasteiger partial charge in [-0.3, -0.25) is 4.90 Å². The van der Waals surface area contributed by atoms with Gasteiger partial charge in [0.2, 0.25) is 0 Å². The highest BCUT2D eigenvalue weighted by Gasteiger charge is 2.17. The molecule has 0 radical (unpaired) electrons. The van der Waals surface area contributed by atoms with Gasteiger partial charge < -0.3 is 10.5 Å². The quantitative estimate of drug-likeness (QED) is 0.846. The first-order valence-electron chi connectivity index (χ1n) is 7.46. The van der Waals surface area contributed by atoms with Gasteiger partial charge in [-0.05, 0) is 49.9 Å². The monoisotopic (exact) mass is 298 g/mol. The molecule has 1 heterocycles. The molecule has 0 saturated carbocycles. The van der Waals surface area contributed by atoms with Crippen molar-refractivity contribution in [1.82, 2.24) is 4.90 Å². The van der Waals surface area contributed by atoms with Crippen molar-refractivity contribution in [3.05, 3.63) is 29.8 Å². The standard InChI is InChI=1S/C16H26N2O.ClH/c1-2-11-19-16-7-4-9-18(10-8-16)13-14-5-3-6-15(17)12-14;/h3,5-6,12,16H,2,4,7-11,13,17H2,1H3;1H. The molecular weight excluding hydrogens is 272 g/mol. The summed E-state index contributed by atoms with van der Waals surface area (Å²) >= 11 is 0. The lowest BCUT2D eigenvalue weighted by Gasteiger charge is -2.20. The lowest BCUT2D eigenvalue weighted by molar-refractivity contribution is 0.0437. The molecule has 3 nitrogen and oxygen atoms in total. The minimum Gasteiger partial charge on any atom is -0.399 e. The van der Waals surface area contributed by atoms with Crippen LogP contribution in [0.5, 0.6) is 0 Å². The van der Waals surface area contributed by atoms with Crippen molar-refractivity contribution >= 4 is 18.1 Å². The summed E-state index contributed by atoms with van der Waals surface area (Å²) in [7, 11) is 0. The van der Waals surface area contributed by atoms with Crippen LogP contribution in [0, 0.1) is 0 Å². The molecule has 1 atom stereocenters. The van der Waals surface area contributed by atoms with E-state index in [0.29, 0.717) is 6.10 Å². The molecule has 1 aliphatic rings. The number of rotatable bonds is 5. The van der Waals surface area contributed by atoms with Crippen LogP contribution in [0.4, 0.5) is 5.69 Å². The lowest BCUT2D eigenvalue weighted by atomic mass is 10.1. The maximum absolute atomic E-state index is 5.88. The van der Waals surface area contributed by atoms with Crippen LogP contribution >= 0.6 is 12.4 Å². The summed E-state index contributed by atoms with van der Waals surface area (Å²) < 4.78 is 5.88. The molecule has 0 aromatic heterocycles. The Balaban J connectivity index is 0.00000200. The molecule has 1 aromatic rings. The van der Waals surface area contributed by atoms with Gasteiger partial charge >= 0.3 is 0 Å². The van der Waals surface area contributed by atoms with Crippen LogP contribution in [-0.2, 0) is 11.3 Å². The zero-order valence-corrected chi connectivity index (χ0v) is 13.2. The number of nitrogens with two attached hydrogens (primary N) is 1. The second-order valence-corrected chi connectivity index (χ2v) is 5.44. The number of halogens is 1. The Labute approximate surface area is 128 Å². The fraction of sp³-hybridized carbons (Fsp3) is 0.625. The summed E-state index contributed by atoms with van der Waals surface area (Å²) in [6, 6.07) is 8.22. The van der Waals surface area contributed by atoms with Crippen LogP contribution in [0.25, 0.3) is 0 Å². The van der Waals surface area contributed by atoms with E-state index in [4.69, 9.17) is 10.5 Å². The van der Waals surface area contributed by atoms with Crippen LogP contribution < -0.4 is 5.73 Å². The number of hydrogen-bond donors (Lipinski definition) is 1. The number of ether oxygens (including phenoxy) is 1. The first-order chi connectivity index (χ1) is 9.28. The predicted octanol–water partition coefficient (Wildman–Crippen LogP) is 3.47. The number of nitrogens with zero attached hydrogens (tertiary/aromatic N) is 1. The smallest absolute Gasteiger partial charge is 0.0587 e. The van der Waals surface area contributed by atoms with Crippen molar-refractivity contribution in [1.29, 1.82) is 0 Å². The van der Waals surface area contributed by atoms with E-state index in [0.717, 1.165) is 38.2 Å². The molecule has 0 amide bonds. The first-order valence-corrected chi connectivity index (χ1v) is 7.46. The summed E-state index contributed by atoms with van der Waals surface area (Å²) in [4.78, 5) is 2.52. The second kappa shape index (κ2) is 9.22. The van der Waals surface area contributed by atoms with Gasteiger partial charge in [0.15, 0.2) is 0 Å². The van der Waals surface area contributed by atoms with E-state index in [1.54, 1.807) is 0 Å². The fourth-order valence-electron chi connectivity index (χ4n) is 2.68. The van der Waals surface area contributed by atoms with Crippen LogP contribution in [0.1, 0.15) is 38.2 Å². The molecule has 114 valence electrons. The maximum Gasteiger partial charge on any atom is 0.0587 e. The molecule has 1 aliphatic heterocycles. The van der Waals surface area contributed by atoms with Gasteiger partial charge in [-0.25, -0.2) is 0 Å². The Kier molecular flexibility index (Phi) is 7.97. The highest BCUT2D eigenvalue weighted by molar-refractivity contribution is 5.85. The minimum absolute atomic E-state index is 0. The Bertz CT molecular complexity index is 386. The number of nitrogen functional groups attached to an aromatic ring is 1. The third kappa shape index (κ3) is 5.70. The number of hydrogen-bond acceptors (Lipinski definition) is 3. The van der Waals surface area contributed by atoms with Crippen molar-refractivity contribution in [2.75, 3.05) is 25.4 Å². The predicted molar refractivity (Wildman–Crippen MR) is 87.3 cm³/mol. The molecule has 0 bridgehead atoms. The molecule has 0 spiro atoms. The van der Waals surface area contributed by atoms with Crippen molar-refractivity contribution in [3.63, 3.8) is 0 Å². The Morgan fingerprint density at radius 1 is 1.30 bits per heavy atom. The van der Waals surface area contributed by atoms with Crippen molar-refractivity contribution in [2.24, 2.45) is 0 Å². The van der Waals surface area contributed by atoms with Crippen LogP contribution in [0.2, 0.25) is 0 Å². The van der Waals surface area contributed by atoms with Crippen LogP contribution in [0.15, 0.2) is 24.3 Å². The van der Waals surface area contributed by atoms with Gasteiger partial charge in [0.05, 0.1) is 6.10 Å². The fourth-order valence-corrected chi connectivity index (χ4v) is 2.68. The van der Waals surface area contributed by atoms with Gasteiger partial charge in [0.25, 0.3) is 0 Å². The van der Waals surface area contributed by atoms with Crippen molar-refractivity contribution in [2.45, 2.75) is 45.3 Å². The van der Waals surface area contributed by atoms with Crippen LogP contribution in [-0.4, -0.2) is 30.7 Å². The normalized spacial score (nSPS) is 20.1. The van der Waals surface area contributed by atoms with E-state index in [1.165, 1.54) is 24.9 Å². The average Bonchev–Trinajstić information content (AvgIpc) is 2.62. The molecule has 2 N–H and O–H groups in total. The third-order valence-corrected chi connectivity index (χ3v) is 3.68. The third-order valence-electron chi connectivity index (χ3n) is 3.68.